The molecule has 2 aromatic carbocycles. The van der Waals surface area contributed by atoms with Crippen LogP contribution < -0.4 is 5.32 Å². The van der Waals surface area contributed by atoms with Gasteiger partial charge in [0.15, 0.2) is 0 Å². The molecule has 0 saturated carbocycles. The van der Waals surface area contributed by atoms with E-state index in [-0.39, 0.29) is 11.6 Å². The molecule has 1 aliphatic rings. The number of nitro groups is 1. The molecule has 1 fully saturated rings. The van der Waals surface area contributed by atoms with Crippen LogP contribution in [0.3, 0.4) is 0 Å². The van der Waals surface area contributed by atoms with Gasteiger partial charge in [0.2, 0.25) is 0 Å². The maximum absolute atomic E-state index is 12.7. The monoisotopic (exact) mass is 388 g/mol. The van der Waals surface area contributed by atoms with E-state index in [1.54, 1.807) is 24.1 Å². The number of halogens is 1. The first-order valence-electron chi connectivity index (χ1n) is 8.70. The van der Waals surface area contributed by atoms with Crippen molar-refractivity contribution in [2.75, 3.05) is 38.5 Å². The fraction of sp³-hybridized carbons (Fsp3) is 0.316. The van der Waals surface area contributed by atoms with Gasteiger partial charge in [0.25, 0.3) is 11.6 Å². The highest BCUT2D eigenvalue weighted by Crippen LogP contribution is 2.26. The van der Waals surface area contributed by atoms with Crippen LogP contribution in [0.1, 0.15) is 15.9 Å². The summed E-state index contributed by atoms with van der Waals surface area (Å²) in [7, 11) is 1.61. The van der Waals surface area contributed by atoms with Crippen molar-refractivity contribution in [1.29, 1.82) is 0 Å². The van der Waals surface area contributed by atoms with Gasteiger partial charge >= 0.3 is 0 Å². The highest BCUT2D eigenvalue weighted by Gasteiger charge is 2.24. The SMILES string of the molecule is CNc1ccc(C(=O)N2CCN(Cc3ccc(Cl)cc3)CC2)cc1[N+](=O)[O-]. The lowest BCUT2D eigenvalue weighted by atomic mass is 10.1. The molecule has 1 heterocycles. The number of rotatable bonds is 5. The van der Waals surface area contributed by atoms with E-state index >= 15 is 0 Å². The number of hydrogen-bond acceptors (Lipinski definition) is 5. The van der Waals surface area contributed by atoms with E-state index in [1.807, 2.05) is 24.3 Å². The summed E-state index contributed by atoms with van der Waals surface area (Å²) in [6, 6.07) is 12.3. The highest BCUT2D eigenvalue weighted by atomic mass is 35.5. The molecule has 1 aliphatic heterocycles. The fourth-order valence-electron chi connectivity index (χ4n) is 3.17. The Balaban J connectivity index is 1.62. The van der Waals surface area contributed by atoms with Gasteiger partial charge in [-0.25, -0.2) is 0 Å². The predicted octanol–water partition coefficient (Wildman–Crippen LogP) is 3.25. The summed E-state index contributed by atoms with van der Waals surface area (Å²) < 4.78 is 0. The van der Waals surface area contributed by atoms with E-state index < -0.39 is 4.92 Å². The summed E-state index contributed by atoms with van der Waals surface area (Å²) in [5, 5.41) is 14.7. The van der Waals surface area contributed by atoms with E-state index in [0.717, 1.165) is 19.6 Å². The zero-order valence-corrected chi connectivity index (χ0v) is 15.8. The number of nitrogens with zero attached hydrogens (tertiary/aromatic N) is 3. The molecule has 0 aliphatic carbocycles. The van der Waals surface area contributed by atoms with Crippen LogP contribution in [0.2, 0.25) is 5.02 Å². The van der Waals surface area contributed by atoms with E-state index in [1.165, 1.54) is 11.6 Å². The van der Waals surface area contributed by atoms with Gasteiger partial charge in [-0.15, -0.1) is 0 Å². The van der Waals surface area contributed by atoms with Gasteiger partial charge in [-0.1, -0.05) is 23.7 Å². The van der Waals surface area contributed by atoms with Gasteiger partial charge in [-0.2, -0.15) is 0 Å². The molecule has 3 rings (SSSR count). The second-order valence-electron chi connectivity index (χ2n) is 6.43. The number of hydrogen-bond donors (Lipinski definition) is 1. The van der Waals surface area contributed by atoms with Gasteiger partial charge < -0.3 is 10.2 Å². The van der Waals surface area contributed by atoms with Crippen molar-refractivity contribution in [2.24, 2.45) is 0 Å². The number of amides is 1. The van der Waals surface area contributed by atoms with Crippen molar-refractivity contribution in [1.82, 2.24) is 9.80 Å². The quantitative estimate of drug-likeness (QED) is 0.628. The Morgan fingerprint density at radius 2 is 1.81 bits per heavy atom. The second-order valence-corrected chi connectivity index (χ2v) is 6.87. The molecule has 2 aromatic rings. The number of carbonyl (C=O) groups excluding carboxylic acids is 1. The molecule has 8 heteroatoms. The first-order valence-corrected chi connectivity index (χ1v) is 9.08. The minimum Gasteiger partial charge on any atom is -0.383 e. The lowest BCUT2D eigenvalue weighted by molar-refractivity contribution is -0.384. The van der Waals surface area contributed by atoms with Crippen molar-refractivity contribution in [3.8, 4) is 0 Å². The number of nitrogens with one attached hydrogen (secondary N) is 1. The Bertz CT molecular complexity index is 833. The standard InChI is InChI=1S/C19H21ClN4O3/c1-21-17-7-4-15(12-18(17)24(26)27)19(25)23-10-8-22(9-11-23)13-14-2-5-16(20)6-3-14/h2-7,12,21H,8-11,13H2,1H3. The van der Waals surface area contributed by atoms with Crippen molar-refractivity contribution in [2.45, 2.75) is 6.54 Å². The van der Waals surface area contributed by atoms with Crippen LogP contribution >= 0.6 is 11.6 Å². The summed E-state index contributed by atoms with van der Waals surface area (Å²) in [5.41, 5.74) is 1.82. The molecule has 142 valence electrons. The Morgan fingerprint density at radius 3 is 2.41 bits per heavy atom. The average Bonchev–Trinajstić information content (AvgIpc) is 2.69. The maximum Gasteiger partial charge on any atom is 0.293 e. The first-order chi connectivity index (χ1) is 13.0. The molecule has 0 atom stereocenters. The third kappa shape index (κ3) is 4.56. The number of anilines is 1. The second kappa shape index (κ2) is 8.37. The molecular weight excluding hydrogens is 368 g/mol. The fourth-order valence-corrected chi connectivity index (χ4v) is 3.29. The summed E-state index contributed by atoms with van der Waals surface area (Å²) in [4.78, 5) is 27.5. The van der Waals surface area contributed by atoms with E-state index in [2.05, 4.69) is 10.2 Å². The van der Waals surface area contributed by atoms with E-state index in [9.17, 15) is 14.9 Å². The summed E-state index contributed by atoms with van der Waals surface area (Å²) in [6.45, 7) is 3.50. The Morgan fingerprint density at radius 1 is 1.15 bits per heavy atom. The minimum absolute atomic E-state index is 0.0928. The van der Waals surface area contributed by atoms with Gasteiger partial charge in [0, 0.05) is 56.4 Å². The lowest BCUT2D eigenvalue weighted by Gasteiger charge is -2.34. The number of piperazine rings is 1. The molecule has 1 N–H and O–H groups in total. The van der Waals surface area contributed by atoms with Crippen LogP contribution in [-0.2, 0) is 6.54 Å². The summed E-state index contributed by atoms with van der Waals surface area (Å²) >= 11 is 5.91. The van der Waals surface area contributed by atoms with Crippen LogP contribution in [-0.4, -0.2) is 53.9 Å². The van der Waals surface area contributed by atoms with Crippen molar-refractivity contribution >= 4 is 28.9 Å². The molecule has 0 unspecified atom stereocenters. The molecule has 0 spiro atoms. The molecule has 1 amide bonds. The van der Waals surface area contributed by atoms with Crippen molar-refractivity contribution in [3.63, 3.8) is 0 Å². The molecule has 0 aromatic heterocycles. The molecule has 0 bridgehead atoms. The van der Waals surface area contributed by atoms with Crippen molar-refractivity contribution in [3.05, 3.63) is 68.7 Å². The van der Waals surface area contributed by atoms with Crippen LogP contribution in [0.15, 0.2) is 42.5 Å². The molecule has 7 nitrogen and oxygen atoms in total. The third-order valence-electron chi connectivity index (χ3n) is 4.69. The highest BCUT2D eigenvalue weighted by molar-refractivity contribution is 6.30. The van der Waals surface area contributed by atoms with Crippen molar-refractivity contribution < 1.29 is 9.72 Å². The third-order valence-corrected chi connectivity index (χ3v) is 4.94. The molecule has 1 saturated heterocycles. The maximum atomic E-state index is 12.7. The topological polar surface area (TPSA) is 78.7 Å². The van der Waals surface area contributed by atoms with E-state index in [0.29, 0.717) is 29.4 Å². The Kier molecular flexibility index (Phi) is 5.93. The largest absolute Gasteiger partial charge is 0.383 e. The van der Waals surface area contributed by atoms with Crippen LogP contribution in [0.4, 0.5) is 11.4 Å². The summed E-state index contributed by atoms with van der Waals surface area (Å²) in [5.74, 6) is -0.174. The van der Waals surface area contributed by atoms with Crippen LogP contribution in [0.5, 0.6) is 0 Å². The molecule has 27 heavy (non-hydrogen) atoms. The molecule has 0 radical (unpaired) electrons. The molecular formula is C19H21ClN4O3. The minimum atomic E-state index is -0.479. The number of nitro benzene ring substituents is 1. The summed E-state index contributed by atoms with van der Waals surface area (Å²) in [6.07, 6.45) is 0. The van der Waals surface area contributed by atoms with Gasteiger partial charge in [-0.3, -0.25) is 19.8 Å². The van der Waals surface area contributed by atoms with Gasteiger partial charge in [0.1, 0.15) is 5.69 Å². The first kappa shape index (κ1) is 19.1. The normalized spacial score (nSPS) is 14.8. The zero-order valence-electron chi connectivity index (χ0n) is 15.0. The Hall–Kier alpha value is -2.64. The zero-order chi connectivity index (χ0) is 19.4. The predicted molar refractivity (Wildman–Crippen MR) is 105 cm³/mol. The van der Waals surface area contributed by atoms with Crippen LogP contribution in [0.25, 0.3) is 0 Å². The van der Waals surface area contributed by atoms with Gasteiger partial charge in [0.05, 0.1) is 4.92 Å². The lowest BCUT2D eigenvalue weighted by Crippen LogP contribution is -2.48. The number of benzene rings is 2. The smallest absolute Gasteiger partial charge is 0.293 e. The van der Waals surface area contributed by atoms with E-state index in [4.69, 9.17) is 11.6 Å². The van der Waals surface area contributed by atoms with Gasteiger partial charge in [-0.05, 0) is 29.8 Å². The average molecular weight is 389 g/mol. The number of carbonyl (C=O) groups is 1. The Labute approximate surface area is 162 Å². The van der Waals surface area contributed by atoms with Crippen LogP contribution in [0, 0.1) is 10.1 Å².